The topological polar surface area (TPSA) is 50.1 Å². The molecule has 0 heterocycles. The highest BCUT2D eigenvalue weighted by Crippen LogP contribution is 2.28. The summed E-state index contributed by atoms with van der Waals surface area (Å²) in [6.45, 7) is 0.209. The van der Waals surface area contributed by atoms with Gasteiger partial charge in [-0.25, -0.2) is 0 Å². The Bertz CT molecular complexity index is 842. The van der Waals surface area contributed by atoms with E-state index < -0.39 is 0 Å². The van der Waals surface area contributed by atoms with Crippen LogP contribution >= 0.6 is 0 Å². The highest BCUT2D eigenvalue weighted by Gasteiger charge is 2.19. The van der Waals surface area contributed by atoms with Gasteiger partial charge in [-0.1, -0.05) is 72.8 Å². The number of hydrogen-bond donors (Lipinski definition) is 0. The Hall–Kier alpha value is -3.38. The Labute approximate surface area is 153 Å². The van der Waals surface area contributed by atoms with Gasteiger partial charge in [-0.05, 0) is 28.8 Å². The van der Waals surface area contributed by atoms with E-state index in [1.54, 1.807) is 24.3 Å². The van der Waals surface area contributed by atoms with Gasteiger partial charge < -0.3 is 4.74 Å². The van der Waals surface area contributed by atoms with Gasteiger partial charge in [-0.2, -0.15) is 5.26 Å². The molecule has 0 unspecified atom stereocenters. The molecule has 0 radical (unpaired) electrons. The molecule has 0 amide bonds. The maximum absolute atomic E-state index is 12.4. The van der Waals surface area contributed by atoms with Crippen LogP contribution in [0.15, 0.2) is 84.9 Å². The van der Waals surface area contributed by atoms with Gasteiger partial charge in [-0.3, -0.25) is 4.79 Å². The number of benzene rings is 3. The van der Waals surface area contributed by atoms with Crippen LogP contribution in [0.5, 0.6) is 0 Å². The van der Waals surface area contributed by atoms with Crippen LogP contribution in [0.25, 0.3) is 0 Å². The van der Waals surface area contributed by atoms with Gasteiger partial charge in [-0.15, -0.1) is 0 Å². The molecule has 3 nitrogen and oxygen atoms in total. The van der Waals surface area contributed by atoms with Crippen molar-refractivity contribution in [2.75, 3.05) is 0 Å². The minimum absolute atomic E-state index is 0.0362. The minimum Gasteiger partial charge on any atom is -0.461 e. The van der Waals surface area contributed by atoms with Crippen molar-refractivity contribution in [3.05, 3.63) is 107 Å². The lowest BCUT2D eigenvalue weighted by Gasteiger charge is -2.17. The Morgan fingerprint density at radius 1 is 0.846 bits per heavy atom. The molecule has 0 saturated carbocycles. The first kappa shape index (κ1) is 17.4. The second kappa shape index (κ2) is 8.64. The molecule has 0 saturated heterocycles. The average Bonchev–Trinajstić information content (AvgIpc) is 2.72. The molecule has 3 aromatic rings. The van der Waals surface area contributed by atoms with Gasteiger partial charge in [0.25, 0.3) is 0 Å². The van der Waals surface area contributed by atoms with Crippen LogP contribution < -0.4 is 0 Å². The van der Waals surface area contributed by atoms with Gasteiger partial charge in [0.1, 0.15) is 6.61 Å². The summed E-state index contributed by atoms with van der Waals surface area (Å²) in [5, 5.41) is 8.83. The third kappa shape index (κ3) is 4.58. The van der Waals surface area contributed by atoms with Crippen molar-refractivity contribution in [2.24, 2.45) is 0 Å². The monoisotopic (exact) mass is 341 g/mol. The molecule has 3 aromatic carbocycles. The van der Waals surface area contributed by atoms with Crippen LogP contribution in [0.1, 0.15) is 34.6 Å². The lowest BCUT2D eigenvalue weighted by molar-refractivity contribution is -0.145. The van der Waals surface area contributed by atoms with E-state index in [0.29, 0.717) is 5.56 Å². The third-order valence-corrected chi connectivity index (χ3v) is 4.26. The fourth-order valence-corrected chi connectivity index (χ4v) is 2.86. The minimum atomic E-state index is -0.243. The molecule has 26 heavy (non-hydrogen) atoms. The first-order valence-electron chi connectivity index (χ1n) is 8.51. The molecule has 128 valence electrons. The Kier molecular flexibility index (Phi) is 5.80. The first-order chi connectivity index (χ1) is 12.8. The molecular formula is C23H19NO2. The van der Waals surface area contributed by atoms with Crippen molar-refractivity contribution >= 4 is 5.97 Å². The summed E-state index contributed by atoms with van der Waals surface area (Å²) in [6, 6.07) is 29.1. The highest BCUT2D eigenvalue weighted by molar-refractivity contribution is 5.71. The van der Waals surface area contributed by atoms with E-state index in [1.807, 2.05) is 60.7 Å². The number of nitriles is 1. The van der Waals surface area contributed by atoms with Crippen LogP contribution in [0, 0.1) is 11.3 Å². The molecule has 3 rings (SSSR count). The summed E-state index contributed by atoms with van der Waals surface area (Å²) in [5.41, 5.74) is 3.64. The first-order valence-corrected chi connectivity index (χ1v) is 8.51. The number of nitrogens with zero attached hydrogens (tertiary/aromatic N) is 1. The molecule has 0 fully saturated rings. The predicted octanol–water partition coefficient (Wildman–Crippen LogP) is 4.82. The molecule has 0 aliphatic heterocycles. The zero-order chi connectivity index (χ0) is 18.2. The standard InChI is InChI=1S/C23H19NO2/c24-16-18-11-13-19(14-12-18)17-26-23(25)15-22(20-7-3-1-4-8-20)21-9-5-2-6-10-21/h1-14,22H,15,17H2. The van der Waals surface area contributed by atoms with Crippen molar-refractivity contribution in [1.29, 1.82) is 5.26 Å². The SMILES string of the molecule is N#Cc1ccc(COC(=O)CC(c2ccccc2)c2ccccc2)cc1. The molecule has 0 aliphatic carbocycles. The average molecular weight is 341 g/mol. The van der Waals surface area contributed by atoms with Crippen molar-refractivity contribution in [3.63, 3.8) is 0 Å². The second-order valence-electron chi connectivity index (χ2n) is 6.05. The number of esters is 1. The molecule has 0 aliphatic rings. The summed E-state index contributed by atoms with van der Waals surface area (Å²) in [5.74, 6) is -0.280. The van der Waals surface area contributed by atoms with E-state index in [0.717, 1.165) is 16.7 Å². The molecular weight excluding hydrogens is 322 g/mol. The fourth-order valence-electron chi connectivity index (χ4n) is 2.86. The van der Waals surface area contributed by atoms with E-state index >= 15 is 0 Å². The maximum atomic E-state index is 12.4. The summed E-state index contributed by atoms with van der Waals surface area (Å²) in [7, 11) is 0. The lowest BCUT2D eigenvalue weighted by Crippen LogP contribution is -2.12. The molecule has 0 atom stereocenters. The summed E-state index contributed by atoms with van der Waals surface area (Å²) >= 11 is 0. The molecule has 0 aromatic heterocycles. The third-order valence-electron chi connectivity index (χ3n) is 4.26. The van der Waals surface area contributed by atoms with Crippen LogP contribution in [-0.4, -0.2) is 5.97 Å². The smallest absolute Gasteiger partial charge is 0.307 e. The molecule has 0 bridgehead atoms. The van der Waals surface area contributed by atoms with E-state index in [2.05, 4.69) is 6.07 Å². The quantitative estimate of drug-likeness (QED) is 0.604. The predicted molar refractivity (Wildman–Crippen MR) is 100 cm³/mol. The summed E-state index contributed by atoms with van der Waals surface area (Å²) in [4.78, 5) is 12.4. The van der Waals surface area contributed by atoms with Crippen LogP contribution in [0.2, 0.25) is 0 Å². The normalized spacial score (nSPS) is 10.3. The number of ether oxygens (including phenoxy) is 1. The van der Waals surface area contributed by atoms with Crippen LogP contribution in [-0.2, 0) is 16.1 Å². The van der Waals surface area contributed by atoms with Gasteiger partial charge in [0.2, 0.25) is 0 Å². The van der Waals surface area contributed by atoms with E-state index in [1.165, 1.54) is 0 Å². The van der Waals surface area contributed by atoms with Crippen molar-refractivity contribution in [2.45, 2.75) is 18.9 Å². The fraction of sp³-hybridized carbons (Fsp3) is 0.130. The van der Waals surface area contributed by atoms with Crippen LogP contribution in [0.3, 0.4) is 0 Å². The van der Waals surface area contributed by atoms with Crippen LogP contribution in [0.4, 0.5) is 0 Å². The van der Waals surface area contributed by atoms with Gasteiger partial charge in [0.05, 0.1) is 18.1 Å². The largest absolute Gasteiger partial charge is 0.461 e. The summed E-state index contributed by atoms with van der Waals surface area (Å²) in [6.07, 6.45) is 0.282. The van der Waals surface area contributed by atoms with Crippen molar-refractivity contribution in [1.82, 2.24) is 0 Å². The summed E-state index contributed by atoms with van der Waals surface area (Å²) < 4.78 is 5.45. The van der Waals surface area contributed by atoms with Crippen molar-refractivity contribution < 1.29 is 9.53 Å². The van der Waals surface area contributed by atoms with E-state index in [4.69, 9.17) is 10.00 Å². The molecule has 3 heteroatoms. The Morgan fingerprint density at radius 2 is 1.38 bits per heavy atom. The molecule has 0 N–H and O–H groups in total. The molecule has 0 spiro atoms. The highest BCUT2D eigenvalue weighted by atomic mass is 16.5. The number of hydrogen-bond acceptors (Lipinski definition) is 3. The van der Waals surface area contributed by atoms with E-state index in [-0.39, 0.29) is 24.9 Å². The lowest BCUT2D eigenvalue weighted by atomic mass is 9.89. The van der Waals surface area contributed by atoms with Gasteiger partial charge >= 0.3 is 5.97 Å². The number of rotatable bonds is 6. The van der Waals surface area contributed by atoms with Crippen molar-refractivity contribution in [3.8, 4) is 6.07 Å². The second-order valence-corrected chi connectivity index (χ2v) is 6.05. The Balaban J connectivity index is 1.68. The van der Waals surface area contributed by atoms with E-state index in [9.17, 15) is 4.79 Å². The zero-order valence-electron chi connectivity index (χ0n) is 14.3. The van der Waals surface area contributed by atoms with Gasteiger partial charge in [0, 0.05) is 5.92 Å². The Morgan fingerprint density at radius 3 is 1.88 bits per heavy atom. The number of carbonyl (C=O) groups excluding carboxylic acids is 1. The maximum Gasteiger partial charge on any atom is 0.307 e. The number of carbonyl (C=O) groups is 1. The zero-order valence-corrected chi connectivity index (χ0v) is 14.3. The van der Waals surface area contributed by atoms with Gasteiger partial charge in [0.15, 0.2) is 0 Å².